The molecule has 3 heterocycles. The van der Waals surface area contributed by atoms with Crippen molar-refractivity contribution in [3.63, 3.8) is 0 Å². The quantitative estimate of drug-likeness (QED) is 0.475. The van der Waals surface area contributed by atoms with E-state index in [2.05, 4.69) is 44.3 Å². The van der Waals surface area contributed by atoms with E-state index in [1.165, 1.54) is 5.56 Å². The summed E-state index contributed by atoms with van der Waals surface area (Å²) >= 11 is 0. The average Bonchev–Trinajstić information content (AvgIpc) is 3.30. The van der Waals surface area contributed by atoms with E-state index in [1.807, 2.05) is 54.1 Å². The van der Waals surface area contributed by atoms with Gasteiger partial charge in [-0.2, -0.15) is 0 Å². The summed E-state index contributed by atoms with van der Waals surface area (Å²) in [4.78, 5) is 6.57. The molecule has 1 fully saturated rings. The number of methoxy groups -OCH3 is 1. The van der Waals surface area contributed by atoms with E-state index in [-0.39, 0.29) is 6.04 Å². The number of rotatable bonds is 5. The van der Waals surface area contributed by atoms with Crippen LogP contribution in [0, 0.1) is 6.92 Å². The summed E-state index contributed by atoms with van der Waals surface area (Å²) in [6.07, 6.45) is 3.75. The van der Waals surface area contributed by atoms with Gasteiger partial charge in [0, 0.05) is 18.3 Å². The lowest BCUT2D eigenvalue weighted by Gasteiger charge is -2.36. The smallest absolute Gasteiger partial charge is 0.151 e. The Morgan fingerprint density at radius 3 is 2.62 bits per heavy atom. The van der Waals surface area contributed by atoms with Crippen molar-refractivity contribution in [3.05, 3.63) is 84.4 Å². The predicted octanol–water partition coefficient (Wildman–Crippen LogP) is 4.22. The maximum atomic E-state index is 5.75. The van der Waals surface area contributed by atoms with Crippen molar-refractivity contribution in [2.24, 2.45) is 0 Å². The Morgan fingerprint density at radius 2 is 1.91 bits per heavy atom. The van der Waals surface area contributed by atoms with Crippen LogP contribution in [0.25, 0.3) is 16.9 Å². The molecule has 7 nitrogen and oxygen atoms in total. The summed E-state index contributed by atoms with van der Waals surface area (Å²) in [5, 5.41) is 9.09. The number of benzene rings is 2. The number of hydrogen-bond donors (Lipinski definition) is 0. The second kappa shape index (κ2) is 8.80. The van der Waals surface area contributed by atoms with Gasteiger partial charge in [0.25, 0.3) is 0 Å². The highest BCUT2D eigenvalue weighted by molar-refractivity contribution is 5.66. The summed E-state index contributed by atoms with van der Waals surface area (Å²) in [5.74, 6) is 1.60. The highest BCUT2D eigenvalue weighted by atomic mass is 16.5. The van der Waals surface area contributed by atoms with Crippen LogP contribution >= 0.6 is 0 Å². The molecule has 5 rings (SSSR count). The molecule has 0 spiro atoms. The van der Waals surface area contributed by atoms with Crippen LogP contribution < -0.4 is 9.64 Å². The molecule has 0 amide bonds. The Hall–Kier alpha value is -3.71. The number of aromatic nitrogens is 4. The highest BCUT2D eigenvalue weighted by Crippen LogP contribution is 2.31. The number of aryl methyl sites for hydroxylation is 1. The Balaban J connectivity index is 1.42. The third kappa shape index (κ3) is 3.94. The molecular formula is C25H25N5O2. The number of morpholine rings is 1. The molecule has 1 atom stereocenters. The minimum Gasteiger partial charge on any atom is -0.495 e. The van der Waals surface area contributed by atoms with E-state index in [4.69, 9.17) is 9.47 Å². The van der Waals surface area contributed by atoms with Gasteiger partial charge in [0.05, 0.1) is 49.8 Å². The molecule has 162 valence electrons. The van der Waals surface area contributed by atoms with Gasteiger partial charge in [0.1, 0.15) is 5.75 Å². The summed E-state index contributed by atoms with van der Waals surface area (Å²) in [6.45, 7) is 4.06. The van der Waals surface area contributed by atoms with E-state index in [9.17, 15) is 0 Å². The number of anilines is 1. The van der Waals surface area contributed by atoms with Crippen molar-refractivity contribution >= 4 is 5.82 Å². The summed E-state index contributed by atoms with van der Waals surface area (Å²) in [7, 11) is 1.67. The largest absolute Gasteiger partial charge is 0.495 e. The summed E-state index contributed by atoms with van der Waals surface area (Å²) in [5.41, 5.74) is 4.84. The van der Waals surface area contributed by atoms with Gasteiger partial charge < -0.3 is 18.9 Å². The van der Waals surface area contributed by atoms with Gasteiger partial charge in [-0.1, -0.05) is 36.4 Å². The van der Waals surface area contributed by atoms with E-state index >= 15 is 0 Å². The van der Waals surface area contributed by atoms with Gasteiger partial charge in [-0.05, 0) is 36.8 Å². The zero-order valence-corrected chi connectivity index (χ0v) is 18.2. The first-order valence-electron chi connectivity index (χ1n) is 10.7. The Bertz CT molecular complexity index is 1190. The summed E-state index contributed by atoms with van der Waals surface area (Å²) in [6, 6.07) is 20.6. The maximum Gasteiger partial charge on any atom is 0.151 e. The monoisotopic (exact) mass is 427 g/mol. The SMILES string of the molecule is COc1cc(-c2ccc(N3CCOCC3c3ccccc3)nn2)ccc1-n1cnc(C)c1. The van der Waals surface area contributed by atoms with E-state index < -0.39 is 0 Å². The second-order valence-electron chi connectivity index (χ2n) is 7.78. The lowest BCUT2D eigenvalue weighted by molar-refractivity contribution is 0.0936. The van der Waals surface area contributed by atoms with Crippen molar-refractivity contribution in [1.29, 1.82) is 0 Å². The van der Waals surface area contributed by atoms with Crippen molar-refractivity contribution in [2.45, 2.75) is 13.0 Å². The number of ether oxygens (including phenoxy) is 2. The fourth-order valence-corrected chi connectivity index (χ4v) is 4.06. The topological polar surface area (TPSA) is 65.3 Å². The predicted molar refractivity (Wildman–Crippen MR) is 123 cm³/mol. The van der Waals surface area contributed by atoms with Crippen molar-refractivity contribution in [2.75, 3.05) is 31.8 Å². The lowest BCUT2D eigenvalue weighted by atomic mass is 10.0. The lowest BCUT2D eigenvalue weighted by Crippen LogP contribution is -2.40. The fraction of sp³-hybridized carbons (Fsp3) is 0.240. The first-order chi connectivity index (χ1) is 15.7. The van der Waals surface area contributed by atoms with Crippen molar-refractivity contribution < 1.29 is 9.47 Å². The molecule has 4 aromatic rings. The number of hydrogen-bond acceptors (Lipinski definition) is 6. The van der Waals surface area contributed by atoms with Crippen LogP contribution in [0.1, 0.15) is 17.3 Å². The Labute approximate surface area is 187 Å². The molecule has 1 unspecified atom stereocenters. The molecular weight excluding hydrogens is 402 g/mol. The van der Waals surface area contributed by atoms with Gasteiger partial charge in [-0.25, -0.2) is 4.98 Å². The van der Waals surface area contributed by atoms with Crippen LogP contribution in [0.4, 0.5) is 5.82 Å². The van der Waals surface area contributed by atoms with Crippen LogP contribution in [0.2, 0.25) is 0 Å². The molecule has 2 aromatic carbocycles. The number of imidazole rings is 1. The zero-order valence-electron chi connectivity index (χ0n) is 18.2. The first-order valence-corrected chi connectivity index (χ1v) is 10.7. The van der Waals surface area contributed by atoms with Crippen molar-refractivity contribution in [3.8, 4) is 22.7 Å². The molecule has 0 aliphatic carbocycles. The maximum absolute atomic E-state index is 5.75. The van der Waals surface area contributed by atoms with E-state index in [0.29, 0.717) is 13.2 Å². The van der Waals surface area contributed by atoms with Gasteiger partial charge >= 0.3 is 0 Å². The fourth-order valence-electron chi connectivity index (χ4n) is 4.06. The minimum absolute atomic E-state index is 0.128. The summed E-state index contributed by atoms with van der Waals surface area (Å²) < 4.78 is 13.3. The minimum atomic E-state index is 0.128. The van der Waals surface area contributed by atoms with Gasteiger partial charge in [0.2, 0.25) is 0 Å². The van der Waals surface area contributed by atoms with Crippen LogP contribution in [0.3, 0.4) is 0 Å². The first kappa shape index (κ1) is 20.2. The van der Waals surface area contributed by atoms with Crippen LogP contribution in [0.15, 0.2) is 73.2 Å². The van der Waals surface area contributed by atoms with E-state index in [1.54, 1.807) is 13.4 Å². The van der Waals surface area contributed by atoms with Crippen LogP contribution in [-0.2, 0) is 4.74 Å². The van der Waals surface area contributed by atoms with Gasteiger partial charge in [-0.15, -0.1) is 10.2 Å². The van der Waals surface area contributed by atoms with E-state index in [0.717, 1.165) is 40.8 Å². The molecule has 0 bridgehead atoms. The Morgan fingerprint density at radius 1 is 1.03 bits per heavy atom. The molecule has 1 aliphatic rings. The molecule has 7 heteroatoms. The molecule has 2 aromatic heterocycles. The van der Waals surface area contributed by atoms with Crippen LogP contribution in [0.5, 0.6) is 5.75 Å². The zero-order chi connectivity index (χ0) is 21.9. The van der Waals surface area contributed by atoms with Crippen molar-refractivity contribution in [1.82, 2.24) is 19.7 Å². The molecule has 0 N–H and O–H groups in total. The third-order valence-corrected chi connectivity index (χ3v) is 5.72. The van der Waals surface area contributed by atoms with Gasteiger partial charge in [0.15, 0.2) is 5.82 Å². The Kier molecular flexibility index (Phi) is 5.56. The molecule has 32 heavy (non-hydrogen) atoms. The van der Waals surface area contributed by atoms with Crippen LogP contribution in [-0.4, -0.2) is 46.6 Å². The molecule has 1 aliphatic heterocycles. The third-order valence-electron chi connectivity index (χ3n) is 5.72. The average molecular weight is 428 g/mol. The highest BCUT2D eigenvalue weighted by Gasteiger charge is 2.26. The number of nitrogens with zero attached hydrogens (tertiary/aromatic N) is 5. The molecule has 0 radical (unpaired) electrons. The molecule has 1 saturated heterocycles. The second-order valence-corrected chi connectivity index (χ2v) is 7.78. The standard InChI is InChI=1S/C25H25N5O2/c1-18-15-29(17-26-18)22-10-8-20(14-24(22)31-2)21-9-11-25(28-27-21)30-12-13-32-16-23(30)19-6-4-3-5-7-19/h3-11,14-15,17,23H,12-13,16H2,1-2H3. The normalized spacial score (nSPS) is 16.2. The van der Waals surface area contributed by atoms with Gasteiger partial charge in [-0.3, -0.25) is 0 Å². The molecule has 0 saturated carbocycles.